The maximum absolute atomic E-state index is 14.0. The van der Waals surface area contributed by atoms with Crippen LogP contribution in [0.5, 0.6) is 0 Å². The summed E-state index contributed by atoms with van der Waals surface area (Å²) in [5.74, 6) is 0.247. The summed E-state index contributed by atoms with van der Waals surface area (Å²) in [6, 6.07) is 6.80. The fourth-order valence-corrected chi connectivity index (χ4v) is 5.41. The lowest BCUT2D eigenvalue weighted by molar-refractivity contribution is -0.127. The number of rotatable bonds is 8. The van der Waals surface area contributed by atoms with Crippen molar-refractivity contribution in [3.05, 3.63) is 34.9 Å². The number of carbonyl (C=O) groups is 2. The van der Waals surface area contributed by atoms with E-state index in [9.17, 15) is 14.7 Å². The van der Waals surface area contributed by atoms with Crippen molar-refractivity contribution in [3.8, 4) is 0 Å². The Labute approximate surface area is 202 Å². The predicted molar refractivity (Wildman–Crippen MR) is 128 cm³/mol. The molecule has 2 saturated carbocycles. The number of Topliss-reactive ketones (excluding diaryl/α,β-unsaturated/α-hetero) is 1. The van der Waals surface area contributed by atoms with Gasteiger partial charge in [-0.05, 0) is 88.8 Å². The fourth-order valence-electron chi connectivity index (χ4n) is 5.21. The first-order valence-electron chi connectivity index (χ1n) is 12.3. The maximum atomic E-state index is 14.0. The molecule has 0 radical (unpaired) electrons. The molecule has 1 aliphatic heterocycles. The number of amides is 1. The largest absolute Gasteiger partial charge is 0.444 e. The van der Waals surface area contributed by atoms with Gasteiger partial charge in [0.25, 0.3) is 0 Å². The fraction of sp³-hybridized carbons (Fsp3) is 0.692. The molecule has 33 heavy (non-hydrogen) atoms. The summed E-state index contributed by atoms with van der Waals surface area (Å²) in [5, 5.41) is 15.3. The highest BCUT2D eigenvalue weighted by atomic mass is 35.5. The van der Waals surface area contributed by atoms with Gasteiger partial charge in [0.05, 0.1) is 5.60 Å². The number of halogens is 1. The molecule has 3 fully saturated rings. The Balaban J connectivity index is 1.57. The summed E-state index contributed by atoms with van der Waals surface area (Å²) in [5.41, 5.74) is -0.462. The highest BCUT2D eigenvalue weighted by Crippen LogP contribution is 2.54. The molecule has 3 aliphatic rings. The van der Waals surface area contributed by atoms with Gasteiger partial charge in [0.2, 0.25) is 0 Å². The van der Waals surface area contributed by atoms with Crippen molar-refractivity contribution in [1.82, 2.24) is 10.2 Å². The lowest BCUT2D eigenvalue weighted by Gasteiger charge is -2.38. The van der Waals surface area contributed by atoms with Crippen molar-refractivity contribution < 1.29 is 19.4 Å². The van der Waals surface area contributed by atoms with Crippen LogP contribution in [0.15, 0.2) is 24.3 Å². The molecule has 1 aromatic carbocycles. The van der Waals surface area contributed by atoms with Gasteiger partial charge < -0.3 is 15.2 Å². The number of aliphatic hydroxyl groups is 1. The zero-order valence-electron chi connectivity index (χ0n) is 20.0. The molecule has 2 unspecified atom stereocenters. The van der Waals surface area contributed by atoms with Crippen LogP contribution in [0.1, 0.15) is 70.8 Å². The molecule has 0 bridgehead atoms. The van der Waals surface area contributed by atoms with Gasteiger partial charge in [-0.25, -0.2) is 4.79 Å². The van der Waals surface area contributed by atoms with Gasteiger partial charge in [-0.2, -0.15) is 0 Å². The highest BCUT2D eigenvalue weighted by molar-refractivity contribution is 6.30. The predicted octanol–water partition coefficient (Wildman–Crippen LogP) is 4.53. The number of hydrogen-bond donors (Lipinski definition) is 2. The van der Waals surface area contributed by atoms with E-state index in [0.29, 0.717) is 49.3 Å². The van der Waals surface area contributed by atoms with E-state index in [0.717, 1.165) is 31.2 Å². The molecule has 0 spiro atoms. The van der Waals surface area contributed by atoms with E-state index in [1.807, 2.05) is 39.0 Å². The van der Waals surface area contributed by atoms with E-state index in [2.05, 4.69) is 5.32 Å². The zero-order chi connectivity index (χ0) is 23.8. The maximum Gasteiger partial charge on any atom is 0.410 e. The number of carbonyl (C=O) groups excluding carboxylic acids is 2. The Morgan fingerprint density at radius 1 is 1.21 bits per heavy atom. The van der Waals surface area contributed by atoms with Crippen LogP contribution < -0.4 is 5.32 Å². The van der Waals surface area contributed by atoms with E-state index in [1.165, 1.54) is 0 Å². The van der Waals surface area contributed by atoms with Crippen LogP contribution in [0.3, 0.4) is 0 Å². The average molecular weight is 477 g/mol. The third-order valence-corrected chi connectivity index (χ3v) is 7.43. The molecule has 2 atom stereocenters. The molecule has 1 heterocycles. The minimum Gasteiger partial charge on any atom is -0.444 e. The summed E-state index contributed by atoms with van der Waals surface area (Å²) in [4.78, 5) is 28.4. The van der Waals surface area contributed by atoms with Gasteiger partial charge in [-0.15, -0.1) is 0 Å². The number of benzene rings is 1. The van der Waals surface area contributed by atoms with Crippen molar-refractivity contribution >= 4 is 23.5 Å². The number of piperazine rings is 1. The standard InChI is InChI=1S/C26H37ClN2O4/c1-25(2,3)33-24(31)29-14-13-28-16-22(29)23(30)21(17-5-4-6-20(27)15-17)11-12-26(32,18-7-8-18)19-9-10-19/h4-6,15,18-19,21-22,28,32H,7-14,16H2,1-3H3. The van der Waals surface area contributed by atoms with Gasteiger partial charge >= 0.3 is 6.09 Å². The Morgan fingerprint density at radius 3 is 2.45 bits per heavy atom. The normalized spacial score (nSPS) is 22.7. The summed E-state index contributed by atoms with van der Waals surface area (Å²) in [6.07, 6.45) is 4.96. The molecule has 182 valence electrons. The Kier molecular flexibility index (Phi) is 7.09. The van der Waals surface area contributed by atoms with Gasteiger partial charge in [-0.3, -0.25) is 9.69 Å². The molecular weight excluding hydrogens is 440 g/mol. The molecule has 2 aliphatic carbocycles. The quantitative estimate of drug-likeness (QED) is 0.576. The molecular formula is C26H37ClN2O4. The van der Waals surface area contributed by atoms with Crippen LogP contribution in [0, 0.1) is 11.8 Å². The highest BCUT2D eigenvalue weighted by Gasteiger charge is 2.53. The van der Waals surface area contributed by atoms with Crippen molar-refractivity contribution in [1.29, 1.82) is 0 Å². The number of ether oxygens (including phenoxy) is 1. The van der Waals surface area contributed by atoms with Crippen molar-refractivity contribution in [2.75, 3.05) is 19.6 Å². The monoisotopic (exact) mass is 476 g/mol. The van der Waals surface area contributed by atoms with E-state index >= 15 is 0 Å². The van der Waals surface area contributed by atoms with Gasteiger partial charge in [0.1, 0.15) is 11.6 Å². The second-order valence-corrected chi connectivity index (χ2v) is 11.4. The minimum atomic E-state index is -0.674. The summed E-state index contributed by atoms with van der Waals surface area (Å²) >= 11 is 6.28. The van der Waals surface area contributed by atoms with Gasteiger partial charge in [0.15, 0.2) is 5.78 Å². The van der Waals surface area contributed by atoms with Crippen LogP contribution in [-0.2, 0) is 9.53 Å². The van der Waals surface area contributed by atoms with Crippen LogP contribution in [0.2, 0.25) is 5.02 Å². The van der Waals surface area contributed by atoms with Crippen LogP contribution in [-0.4, -0.2) is 58.8 Å². The third-order valence-electron chi connectivity index (χ3n) is 7.20. The SMILES string of the molecule is CC(C)(C)OC(=O)N1CCNCC1C(=O)C(CCC(O)(C1CC1)C1CC1)c1cccc(Cl)c1. The zero-order valence-corrected chi connectivity index (χ0v) is 20.7. The van der Waals surface area contributed by atoms with Crippen molar-refractivity contribution in [2.24, 2.45) is 11.8 Å². The molecule has 1 saturated heterocycles. The second-order valence-electron chi connectivity index (χ2n) is 11.0. The topological polar surface area (TPSA) is 78.9 Å². The van der Waals surface area contributed by atoms with E-state index in [-0.39, 0.29) is 5.78 Å². The molecule has 2 N–H and O–H groups in total. The van der Waals surface area contributed by atoms with Crippen molar-refractivity contribution in [3.63, 3.8) is 0 Å². The first kappa shape index (κ1) is 24.5. The summed E-state index contributed by atoms with van der Waals surface area (Å²) < 4.78 is 5.60. The molecule has 6 nitrogen and oxygen atoms in total. The van der Waals surface area contributed by atoms with E-state index in [4.69, 9.17) is 16.3 Å². The number of hydrogen-bond acceptors (Lipinski definition) is 5. The second kappa shape index (κ2) is 9.55. The molecule has 4 rings (SSSR count). The van der Waals surface area contributed by atoms with Crippen molar-refractivity contribution in [2.45, 2.75) is 82.5 Å². The lowest BCUT2D eigenvalue weighted by atomic mass is 9.79. The Hall–Kier alpha value is -1.63. The molecule has 1 aromatic rings. The Bertz CT molecular complexity index is 863. The molecule has 0 aromatic heterocycles. The summed E-state index contributed by atoms with van der Waals surface area (Å²) in [7, 11) is 0. The smallest absolute Gasteiger partial charge is 0.410 e. The molecule has 7 heteroatoms. The number of ketones is 1. The molecule has 1 amide bonds. The van der Waals surface area contributed by atoms with Crippen LogP contribution in [0.25, 0.3) is 0 Å². The first-order valence-corrected chi connectivity index (χ1v) is 12.7. The van der Waals surface area contributed by atoms with Gasteiger partial charge in [0, 0.05) is 30.6 Å². The Morgan fingerprint density at radius 2 is 1.88 bits per heavy atom. The van der Waals surface area contributed by atoms with E-state index in [1.54, 1.807) is 11.0 Å². The third kappa shape index (κ3) is 5.90. The lowest BCUT2D eigenvalue weighted by Crippen LogP contribution is -2.58. The van der Waals surface area contributed by atoms with Crippen LogP contribution in [0.4, 0.5) is 4.79 Å². The van der Waals surface area contributed by atoms with E-state index < -0.39 is 29.3 Å². The minimum absolute atomic E-state index is 0.0238. The van der Waals surface area contributed by atoms with Gasteiger partial charge in [-0.1, -0.05) is 23.7 Å². The number of nitrogens with one attached hydrogen (secondary N) is 1. The average Bonchev–Trinajstić information content (AvgIpc) is 3.63. The summed E-state index contributed by atoms with van der Waals surface area (Å²) in [6.45, 7) is 6.92. The van der Waals surface area contributed by atoms with Crippen LogP contribution >= 0.6 is 11.6 Å². The first-order chi connectivity index (χ1) is 15.6. The number of nitrogens with zero attached hydrogens (tertiary/aromatic N) is 1.